The number of aromatic nitrogens is 1. The van der Waals surface area contributed by atoms with E-state index in [2.05, 4.69) is 220 Å². The second kappa shape index (κ2) is 12.6. The molecule has 0 saturated heterocycles. The van der Waals surface area contributed by atoms with Crippen LogP contribution >= 0.6 is 0 Å². The summed E-state index contributed by atoms with van der Waals surface area (Å²) in [6.07, 6.45) is 0. The van der Waals surface area contributed by atoms with E-state index < -0.39 is 0 Å². The molecular weight excluding hydrogens is 751 g/mol. The lowest BCUT2D eigenvalue weighted by molar-refractivity contribution is 0.653. The first kappa shape index (κ1) is 35.3. The van der Waals surface area contributed by atoms with E-state index in [-0.39, 0.29) is 10.8 Å². The van der Waals surface area contributed by atoms with Crippen LogP contribution in [0, 0.1) is 0 Å². The molecule has 2 aliphatic carbocycles. The van der Waals surface area contributed by atoms with Gasteiger partial charge in [0.15, 0.2) is 0 Å². The summed E-state index contributed by atoms with van der Waals surface area (Å²) in [7, 11) is 0. The summed E-state index contributed by atoms with van der Waals surface area (Å²) in [5.74, 6) is 0. The van der Waals surface area contributed by atoms with Crippen LogP contribution < -0.4 is 0 Å². The Morgan fingerprint density at radius 2 is 0.903 bits per heavy atom. The Kier molecular flexibility index (Phi) is 7.16. The summed E-state index contributed by atoms with van der Waals surface area (Å²) in [6, 6.07) is 69.8. The highest BCUT2D eigenvalue weighted by Gasteiger charge is 2.39. The molecule has 0 bridgehead atoms. The standard InChI is InChI=1S/C60H43NO/c1-59(2)50-16-10-8-14-43(50)44-26-22-41(34-52(44)59)40-24-31-55-49(33-40)48-32-39(38-20-18-37(19-21-38)36-12-6-5-7-13-36)23-30-54(48)61(55)42-25-27-47-53(35-42)60(3,4)51-29-28-46-45-15-9-11-17-56(45)62-58(46)57(47)51/h5-35H,1-4H3. The fourth-order valence-electron chi connectivity index (χ4n) is 11.2. The van der Waals surface area contributed by atoms with Crippen LogP contribution in [0.4, 0.5) is 0 Å². The fraction of sp³-hybridized carbons (Fsp3) is 0.100. The number of rotatable bonds is 4. The number of furan rings is 1. The number of benzene rings is 9. The third-order valence-electron chi connectivity index (χ3n) is 14.4. The number of hydrogen-bond donors (Lipinski definition) is 0. The summed E-state index contributed by atoms with van der Waals surface area (Å²) in [4.78, 5) is 0. The predicted octanol–water partition coefficient (Wildman–Crippen LogP) is 16.3. The van der Waals surface area contributed by atoms with Gasteiger partial charge in [0.25, 0.3) is 0 Å². The van der Waals surface area contributed by atoms with Gasteiger partial charge in [-0.05, 0) is 121 Å². The van der Waals surface area contributed by atoms with Crippen LogP contribution in [0.15, 0.2) is 192 Å². The first-order valence-electron chi connectivity index (χ1n) is 21.8. The van der Waals surface area contributed by atoms with Crippen LogP contribution in [0.25, 0.3) is 105 Å². The summed E-state index contributed by atoms with van der Waals surface area (Å²) in [6.45, 7) is 9.45. The molecule has 2 aromatic heterocycles. The van der Waals surface area contributed by atoms with Crippen LogP contribution in [0.3, 0.4) is 0 Å². The van der Waals surface area contributed by atoms with Gasteiger partial charge >= 0.3 is 0 Å². The molecule has 11 aromatic rings. The van der Waals surface area contributed by atoms with E-state index >= 15 is 0 Å². The Labute approximate surface area is 361 Å². The molecule has 2 nitrogen and oxygen atoms in total. The number of para-hydroxylation sites is 1. The molecule has 13 rings (SSSR count). The topological polar surface area (TPSA) is 18.1 Å². The maximum atomic E-state index is 6.63. The first-order chi connectivity index (χ1) is 30.2. The SMILES string of the molecule is CC1(C)c2ccccc2-c2ccc(-c3ccc4c(c3)c3cc(-c5ccc(-c6ccccc6)cc5)ccc3n4-c3ccc4c(c3)C(C)(C)c3ccc5c(oc6ccccc65)c3-4)cc21. The van der Waals surface area contributed by atoms with Gasteiger partial charge in [-0.2, -0.15) is 0 Å². The van der Waals surface area contributed by atoms with Gasteiger partial charge in [-0.15, -0.1) is 0 Å². The van der Waals surface area contributed by atoms with Crippen molar-refractivity contribution in [2.75, 3.05) is 0 Å². The lowest BCUT2D eigenvalue weighted by Crippen LogP contribution is -2.15. The molecule has 2 aliphatic rings. The van der Waals surface area contributed by atoms with Gasteiger partial charge in [0.1, 0.15) is 11.2 Å². The third-order valence-corrected chi connectivity index (χ3v) is 14.4. The molecule has 2 heteroatoms. The van der Waals surface area contributed by atoms with Crippen molar-refractivity contribution >= 4 is 43.7 Å². The molecular formula is C60H43NO. The van der Waals surface area contributed by atoms with Crippen molar-refractivity contribution in [2.24, 2.45) is 0 Å². The summed E-state index contributed by atoms with van der Waals surface area (Å²) in [5, 5.41) is 4.83. The van der Waals surface area contributed by atoms with E-state index in [0.29, 0.717) is 0 Å². The molecule has 0 spiro atoms. The highest BCUT2D eigenvalue weighted by atomic mass is 16.3. The van der Waals surface area contributed by atoms with Gasteiger partial charge in [-0.1, -0.05) is 167 Å². The number of fused-ring (bicyclic) bond motifs is 13. The van der Waals surface area contributed by atoms with Crippen molar-refractivity contribution in [2.45, 2.75) is 38.5 Å². The number of nitrogens with zero attached hydrogens (tertiary/aromatic N) is 1. The Bertz CT molecular complexity index is 3670. The summed E-state index contributed by atoms with van der Waals surface area (Å²) in [5.41, 5.74) is 23.1. The van der Waals surface area contributed by atoms with Gasteiger partial charge < -0.3 is 8.98 Å². The second-order valence-corrected chi connectivity index (χ2v) is 18.5. The molecule has 0 saturated carbocycles. The van der Waals surface area contributed by atoms with E-state index in [1.54, 1.807) is 0 Å². The highest BCUT2D eigenvalue weighted by Crippen LogP contribution is 2.54. The van der Waals surface area contributed by atoms with E-state index in [1.165, 1.54) is 105 Å². The van der Waals surface area contributed by atoms with E-state index in [0.717, 1.165) is 22.2 Å². The minimum absolute atomic E-state index is 0.0653. The van der Waals surface area contributed by atoms with Crippen LogP contribution in [0.5, 0.6) is 0 Å². The van der Waals surface area contributed by atoms with Crippen molar-refractivity contribution in [1.82, 2.24) is 4.57 Å². The van der Waals surface area contributed by atoms with Crippen molar-refractivity contribution in [3.63, 3.8) is 0 Å². The van der Waals surface area contributed by atoms with Crippen LogP contribution in [-0.4, -0.2) is 4.57 Å². The third kappa shape index (κ3) is 4.86. The quantitative estimate of drug-likeness (QED) is 0.174. The lowest BCUT2D eigenvalue weighted by Gasteiger charge is -2.22. The Balaban J connectivity index is 0.992. The van der Waals surface area contributed by atoms with E-state index in [1.807, 2.05) is 0 Å². The molecule has 0 atom stereocenters. The smallest absolute Gasteiger partial charge is 0.143 e. The Morgan fingerprint density at radius 1 is 0.355 bits per heavy atom. The van der Waals surface area contributed by atoms with Gasteiger partial charge in [0.05, 0.1) is 11.0 Å². The van der Waals surface area contributed by atoms with Crippen LogP contribution in [0.2, 0.25) is 0 Å². The zero-order valence-corrected chi connectivity index (χ0v) is 35.3. The fourth-order valence-corrected chi connectivity index (χ4v) is 11.2. The Morgan fingerprint density at radius 3 is 1.68 bits per heavy atom. The first-order valence-corrected chi connectivity index (χ1v) is 21.8. The molecule has 0 fully saturated rings. The van der Waals surface area contributed by atoms with Crippen molar-refractivity contribution in [3.05, 3.63) is 210 Å². The second-order valence-electron chi connectivity index (χ2n) is 18.5. The zero-order valence-electron chi connectivity index (χ0n) is 35.3. The normalized spacial score (nSPS) is 14.4. The summed E-state index contributed by atoms with van der Waals surface area (Å²) < 4.78 is 9.12. The largest absolute Gasteiger partial charge is 0.455 e. The van der Waals surface area contributed by atoms with E-state index in [9.17, 15) is 0 Å². The molecule has 0 radical (unpaired) electrons. The van der Waals surface area contributed by atoms with Crippen LogP contribution in [0.1, 0.15) is 49.9 Å². The zero-order chi connectivity index (χ0) is 41.5. The molecule has 0 aliphatic heterocycles. The van der Waals surface area contributed by atoms with Gasteiger partial charge in [-0.3, -0.25) is 0 Å². The van der Waals surface area contributed by atoms with Gasteiger partial charge in [-0.25, -0.2) is 0 Å². The average molecular weight is 794 g/mol. The number of hydrogen-bond acceptors (Lipinski definition) is 1. The molecule has 0 unspecified atom stereocenters. The highest BCUT2D eigenvalue weighted by molar-refractivity contribution is 6.13. The minimum Gasteiger partial charge on any atom is -0.455 e. The van der Waals surface area contributed by atoms with Crippen molar-refractivity contribution in [3.8, 4) is 61.3 Å². The summed E-state index contributed by atoms with van der Waals surface area (Å²) >= 11 is 0. The van der Waals surface area contributed by atoms with Gasteiger partial charge in [0, 0.05) is 43.6 Å². The van der Waals surface area contributed by atoms with Crippen LogP contribution in [-0.2, 0) is 10.8 Å². The lowest BCUT2D eigenvalue weighted by atomic mass is 9.81. The molecule has 294 valence electrons. The molecule has 2 heterocycles. The monoisotopic (exact) mass is 793 g/mol. The molecule has 9 aromatic carbocycles. The Hall–Kier alpha value is -7.42. The van der Waals surface area contributed by atoms with Crippen molar-refractivity contribution in [1.29, 1.82) is 0 Å². The van der Waals surface area contributed by atoms with Gasteiger partial charge in [0.2, 0.25) is 0 Å². The maximum absolute atomic E-state index is 6.63. The average Bonchev–Trinajstić information content (AvgIpc) is 3.99. The van der Waals surface area contributed by atoms with E-state index in [4.69, 9.17) is 4.42 Å². The molecule has 0 N–H and O–H groups in total. The predicted molar refractivity (Wildman–Crippen MR) is 259 cm³/mol. The minimum atomic E-state index is -0.208. The molecule has 0 amide bonds. The van der Waals surface area contributed by atoms with Crippen molar-refractivity contribution < 1.29 is 4.42 Å². The molecule has 62 heavy (non-hydrogen) atoms. The maximum Gasteiger partial charge on any atom is 0.143 e.